The van der Waals surface area contributed by atoms with E-state index in [1.54, 1.807) is 18.2 Å². The molecule has 2 unspecified atom stereocenters. The molecule has 25 heavy (non-hydrogen) atoms. The fourth-order valence-electron chi connectivity index (χ4n) is 2.90. The average Bonchev–Trinajstić information content (AvgIpc) is 2.59. The summed E-state index contributed by atoms with van der Waals surface area (Å²) in [5.74, 6) is 1.26. The summed E-state index contributed by atoms with van der Waals surface area (Å²) in [5.41, 5.74) is 0.0512. The molecule has 1 saturated heterocycles. The molecule has 0 aromatic heterocycles. The fraction of sp³-hybridized carbons (Fsp3) is 0.611. The van der Waals surface area contributed by atoms with Crippen LogP contribution in [0.2, 0.25) is 0 Å². The first kappa shape index (κ1) is 17.8. The van der Waals surface area contributed by atoms with Crippen LogP contribution in [-0.2, 0) is 9.47 Å². The van der Waals surface area contributed by atoms with E-state index in [-0.39, 0.29) is 6.61 Å². The number of fused-ring (bicyclic) bond motifs is 1. The maximum atomic E-state index is 12.5. The lowest BCUT2D eigenvalue weighted by Gasteiger charge is -2.39. The van der Waals surface area contributed by atoms with Crippen molar-refractivity contribution >= 4 is 6.09 Å². The number of carbonyl (C=O) groups excluding carboxylic acids is 1. The summed E-state index contributed by atoms with van der Waals surface area (Å²) < 4.78 is 22.0. The Bertz CT molecular complexity index is 626. The van der Waals surface area contributed by atoms with Crippen LogP contribution in [0, 0.1) is 0 Å². The number of ether oxygens (including phenoxy) is 4. The van der Waals surface area contributed by atoms with E-state index in [4.69, 9.17) is 18.9 Å². The molecule has 2 aliphatic heterocycles. The highest BCUT2D eigenvalue weighted by Crippen LogP contribution is 2.34. The van der Waals surface area contributed by atoms with Gasteiger partial charge in [-0.3, -0.25) is 4.90 Å². The Hall–Kier alpha value is -1.99. The number of morpholine rings is 1. The Morgan fingerprint density at radius 3 is 2.68 bits per heavy atom. The van der Waals surface area contributed by atoms with Gasteiger partial charge in [-0.15, -0.1) is 0 Å². The molecule has 0 aliphatic carbocycles. The van der Waals surface area contributed by atoms with Crippen LogP contribution in [0.4, 0.5) is 4.79 Å². The lowest BCUT2D eigenvalue weighted by molar-refractivity contribution is -0.0673. The largest absolute Gasteiger partial charge is 0.486 e. The zero-order valence-corrected chi connectivity index (χ0v) is 14.9. The smallest absolute Gasteiger partial charge is 0.410 e. The quantitative estimate of drug-likeness (QED) is 0.879. The number of nitrogens with zero attached hydrogens (tertiary/aromatic N) is 1. The lowest BCUT2D eigenvalue weighted by Crippen LogP contribution is -2.52. The van der Waals surface area contributed by atoms with Gasteiger partial charge in [0, 0.05) is 6.54 Å². The number of aliphatic hydroxyl groups is 1. The van der Waals surface area contributed by atoms with Gasteiger partial charge in [-0.2, -0.15) is 0 Å². The van der Waals surface area contributed by atoms with Gasteiger partial charge in [-0.25, -0.2) is 4.79 Å². The molecule has 2 aliphatic rings. The molecule has 1 N–H and O–H groups in total. The molecule has 0 saturated carbocycles. The molecule has 1 aromatic rings. The normalized spacial score (nSPS) is 21.6. The van der Waals surface area contributed by atoms with Crippen LogP contribution >= 0.6 is 0 Å². The Kier molecular flexibility index (Phi) is 5.06. The summed E-state index contributed by atoms with van der Waals surface area (Å²) >= 11 is 0. The minimum atomic E-state index is -0.913. The molecule has 1 amide bonds. The van der Waals surface area contributed by atoms with Gasteiger partial charge in [0.05, 0.1) is 19.3 Å². The van der Waals surface area contributed by atoms with E-state index in [0.29, 0.717) is 43.4 Å². The molecule has 2 atom stereocenters. The molecule has 7 nitrogen and oxygen atoms in total. The summed E-state index contributed by atoms with van der Waals surface area (Å²) in [6, 6.07) is 4.78. The second-order valence-electron chi connectivity index (χ2n) is 7.16. The average molecular weight is 351 g/mol. The van der Waals surface area contributed by atoms with Crippen molar-refractivity contribution in [2.45, 2.75) is 38.5 Å². The van der Waals surface area contributed by atoms with E-state index in [1.165, 1.54) is 4.90 Å². The van der Waals surface area contributed by atoms with E-state index in [0.717, 1.165) is 0 Å². The highest BCUT2D eigenvalue weighted by molar-refractivity contribution is 5.69. The number of rotatable bonds is 2. The Morgan fingerprint density at radius 2 is 1.96 bits per heavy atom. The van der Waals surface area contributed by atoms with Gasteiger partial charge in [0.15, 0.2) is 11.5 Å². The number of hydrogen-bond donors (Lipinski definition) is 1. The molecule has 138 valence electrons. The summed E-state index contributed by atoms with van der Waals surface area (Å²) in [4.78, 5) is 14.0. The zero-order chi connectivity index (χ0) is 18.0. The molecular weight excluding hydrogens is 326 g/mol. The van der Waals surface area contributed by atoms with Crippen LogP contribution in [0.25, 0.3) is 0 Å². The molecule has 0 radical (unpaired) electrons. The van der Waals surface area contributed by atoms with Crippen LogP contribution in [-0.4, -0.2) is 60.7 Å². The predicted octanol–water partition coefficient (Wildman–Crippen LogP) is 2.13. The summed E-state index contributed by atoms with van der Waals surface area (Å²) in [5, 5.41) is 10.8. The summed E-state index contributed by atoms with van der Waals surface area (Å²) in [6.45, 7) is 7.48. The second kappa shape index (κ2) is 7.09. The van der Waals surface area contributed by atoms with Gasteiger partial charge < -0.3 is 24.1 Å². The SMILES string of the molecule is CC(C)(C)OC(=O)N1CCOCC1C(O)c1ccc2c(c1)OCCO2. The Morgan fingerprint density at radius 1 is 1.24 bits per heavy atom. The van der Waals surface area contributed by atoms with Crippen molar-refractivity contribution in [1.82, 2.24) is 4.90 Å². The Labute approximate surface area is 147 Å². The first-order valence-corrected chi connectivity index (χ1v) is 8.50. The molecule has 2 heterocycles. The monoisotopic (exact) mass is 351 g/mol. The number of carbonyl (C=O) groups is 1. The number of hydrogen-bond acceptors (Lipinski definition) is 6. The van der Waals surface area contributed by atoms with Crippen LogP contribution in [0.5, 0.6) is 11.5 Å². The molecule has 7 heteroatoms. The van der Waals surface area contributed by atoms with E-state index >= 15 is 0 Å². The molecular formula is C18H25NO6. The molecule has 3 rings (SSSR count). The summed E-state index contributed by atoms with van der Waals surface area (Å²) in [7, 11) is 0. The van der Waals surface area contributed by atoms with Crippen molar-refractivity contribution in [3.63, 3.8) is 0 Å². The zero-order valence-electron chi connectivity index (χ0n) is 14.9. The first-order valence-electron chi connectivity index (χ1n) is 8.50. The standard InChI is InChI=1S/C18H25NO6/c1-18(2,3)25-17(21)19-6-7-22-11-13(19)16(20)12-4-5-14-15(10-12)24-9-8-23-14/h4-5,10,13,16,20H,6-9,11H2,1-3H3. The molecule has 1 aromatic carbocycles. The van der Waals surface area contributed by atoms with Crippen LogP contribution in [0.3, 0.4) is 0 Å². The topological polar surface area (TPSA) is 77.5 Å². The van der Waals surface area contributed by atoms with E-state index in [9.17, 15) is 9.90 Å². The maximum Gasteiger partial charge on any atom is 0.410 e. The number of benzene rings is 1. The summed E-state index contributed by atoms with van der Waals surface area (Å²) in [6.07, 6.45) is -1.36. The van der Waals surface area contributed by atoms with Gasteiger partial charge in [0.2, 0.25) is 0 Å². The minimum absolute atomic E-state index is 0.245. The lowest BCUT2D eigenvalue weighted by atomic mass is 10.00. The van der Waals surface area contributed by atoms with Crippen molar-refractivity contribution in [1.29, 1.82) is 0 Å². The van der Waals surface area contributed by atoms with Crippen molar-refractivity contribution in [2.75, 3.05) is 33.0 Å². The fourth-order valence-corrected chi connectivity index (χ4v) is 2.90. The highest BCUT2D eigenvalue weighted by Gasteiger charge is 2.36. The third-order valence-electron chi connectivity index (χ3n) is 4.07. The first-order chi connectivity index (χ1) is 11.8. The van der Waals surface area contributed by atoms with E-state index in [2.05, 4.69) is 0 Å². The number of aliphatic hydroxyl groups excluding tert-OH is 1. The van der Waals surface area contributed by atoms with Gasteiger partial charge in [-0.05, 0) is 38.5 Å². The second-order valence-corrected chi connectivity index (χ2v) is 7.16. The van der Waals surface area contributed by atoms with Gasteiger partial charge in [0.1, 0.15) is 24.9 Å². The highest BCUT2D eigenvalue weighted by atomic mass is 16.6. The number of amides is 1. The third kappa shape index (κ3) is 4.16. The van der Waals surface area contributed by atoms with E-state index in [1.807, 2.05) is 20.8 Å². The van der Waals surface area contributed by atoms with Crippen molar-refractivity contribution < 1.29 is 28.8 Å². The molecule has 0 bridgehead atoms. The van der Waals surface area contributed by atoms with Crippen LogP contribution in [0.15, 0.2) is 18.2 Å². The predicted molar refractivity (Wildman–Crippen MR) is 89.9 cm³/mol. The van der Waals surface area contributed by atoms with Gasteiger partial charge in [-0.1, -0.05) is 6.07 Å². The molecule has 1 fully saturated rings. The van der Waals surface area contributed by atoms with Crippen molar-refractivity contribution in [2.24, 2.45) is 0 Å². The van der Waals surface area contributed by atoms with Gasteiger partial charge >= 0.3 is 6.09 Å². The Balaban J connectivity index is 1.78. The van der Waals surface area contributed by atoms with Crippen LogP contribution < -0.4 is 9.47 Å². The van der Waals surface area contributed by atoms with Crippen LogP contribution in [0.1, 0.15) is 32.4 Å². The molecule has 0 spiro atoms. The third-order valence-corrected chi connectivity index (χ3v) is 4.07. The van der Waals surface area contributed by atoms with Crippen molar-refractivity contribution in [3.8, 4) is 11.5 Å². The maximum absolute atomic E-state index is 12.5. The van der Waals surface area contributed by atoms with Crippen molar-refractivity contribution in [3.05, 3.63) is 23.8 Å². The van der Waals surface area contributed by atoms with E-state index < -0.39 is 23.8 Å². The van der Waals surface area contributed by atoms with Gasteiger partial charge in [0.25, 0.3) is 0 Å². The minimum Gasteiger partial charge on any atom is -0.486 e.